The van der Waals surface area contributed by atoms with Crippen LogP contribution in [-0.4, -0.2) is 22.5 Å². The van der Waals surface area contributed by atoms with Crippen molar-refractivity contribution >= 4 is 17.5 Å². The third-order valence-electron chi connectivity index (χ3n) is 2.96. The number of amides is 1. The van der Waals surface area contributed by atoms with Crippen LogP contribution in [-0.2, 0) is 0 Å². The Balaban J connectivity index is 2.01. The van der Waals surface area contributed by atoms with E-state index < -0.39 is 6.10 Å². The van der Waals surface area contributed by atoms with Crippen molar-refractivity contribution in [3.63, 3.8) is 0 Å². The highest BCUT2D eigenvalue weighted by Crippen LogP contribution is 2.20. The highest BCUT2D eigenvalue weighted by Gasteiger charge is 2.14. The summed E-state index contributed by atoms with van der Waals surface area (Å²) in [6.07, 6.45) is 2.40. The van der Waals surface area contributed by atoms with Crippen LogP contribution in [0, 0.1) is 6.92 Å². The van der Waals surface area contributed by atoms with E-state index in [-0.39, 0.29) is 12.5 Å². The summed E-state index contributed by atoms with van der Waals surface area (Å²) in [7, 11) is 0. The molecule has 2 aromatic rings. The van der Waals surface area contributed by atoms with Crippen LogP contribution in [0.1, 0.15) is 27.6 Å². The second kappa shape index (κ2) is 6.50. The second-order valence-corrected chi connectivity index (χ2v) is 4.83. The van der Waals surface area contributed by atoms with Crippen LogP contribution < -0.4 is 5.32 Å². The van der Waals surface area contributed by atoms with Crippen molar-refractivity contribution in [1.29, 1.82) is 0 Å². The zero-order chi connectivity index (χ0) is 14.5. The average molecular weight is 291 g/mol. The number of aryl methyl sites for hydroxylation is 1. The normalized spacial score (nSPS) is 11.9. The summed E-state index contributed by atoms with van der Waals surface area (Å²) in [4.78, 5) is 16.0. The Hall–Kier alpha value is -1.91. The number of carbonyl (C=O) groups excluding carboxylic acids is 1. The third kappa shape index (κ3) is 3.35. The first-order chi connectivity index (χ1) is 9.59. The van der Waals surface area contributed by atoms with Gasteiger partial charge in [-0.15, -0.1) is 0 Å². The van der Waals surface area contributed by atoms with Crippen molar-refractivity contribution in [2.24, 2.45) is 0 Å². The molecular weight excluding hydrogens is 276 g/mol. The Morgan fingerprint density at radius 1 is 1.40 bits per heavy atom. The molecule has 104 valence electrons. The Bertz CT molecular complexity index is 602. The Labute approximate surface area is 122 Å². The molecule has 0 aliphatic carbocycles. The number of benzene rings is 1. The molecule has 5 heteroatoms. The Morgan fingerprint density at radius 3 is 2.90 bits per heavy atom. The molecule has 1 atom stereocenters. The highest BCUT2D eigenvalue weighted by atomic mass is 35.5. The predicted octanol–water partition coefficient (Wildman–Crippen LogP) is 2.51. The van der Waals surface area contributed by atoms with Gasteiger partial charge in [-0.3, -0.25) is 9.78 Å². The van der Waals surface area contributed by atoms with Gasteiger partial charge in [-0.05, 0) is 24.6 Å². The van der Waals surface area contributed by atoms with Crippen molar-refractivity contribution in [3.8, 4) is 0 Å². The number of aromatic nitrogens is 1. The molecule has 1 aromatic heterocycles. The van der Waals surface area contributed by atoms with Crippen molar-refractivity contribution < 1.29 is 9.90 Å². The summed E-state index contributed by atoms with van der Waals surface area (Å²) in [5.41, 5.74) is 1.90. The van der Waals surface area contributed by atoms with Gasteiger partial charge in [0.25, 0.3) is 5.91 Å². The van der Waals surface area contributed by atoms with Gasteiger partial charge in [0, 0.05) is 24.5 Å². The van der Waals surface area contributed by atoms with Gasteiger partial charge in [0.15, 0.2) is 0 Å². The van der Waals surface area contributed by atoms with Crippen molar-refractivity contribution in [3.05, 3.63) is 64.4 Å². The van der Waals surface area contributed by atoms with E-state index in [2.05, 4.69) is 10.3 Å². The molecule has 20 heavy (non-hydrogen) atoms. The summed E-state index contributed by atoms with van der Waals surface area (Å²) in [5, 5.41) is 13.0. The summed E-state index contributed by atoms with van der Waals surface area (Å²) < 4.78 is 0. The average Bonchev–Trinajstić information content (AvgIpc) is 2.48. The quantitative estimate of drug-likeness (QED) is 0.909. The van der Waals surface area contributed by atoms with Crippen molar-refractivity contribution in [1.82, 2.24) is 10.3 Å². The van der Waals surface area contributed by atoms with Gasteiger partial charge in [0.05, 0.1) is 16.7 Å². The van der Waals surface area contributed by atoms with Gasteiger partial charge in [-0.25, -0.2) is 0 Å². The van der Waals surface area contributed by atoms with Gasteiger partial charge in [-0.2, -0.15) is 0 Å². The number of pyridine rings is 1. The molecule has 0 aliphatic heterocycles. The fourth-order valence-electron chi connectivity index (χ4n) is 1.80. The van der Waals surface area contributed by atoms with Gasteiger partial charge in [-0.1, -0.05) is 29.8 Å². The molecule has 0 saturated heterocycles. The molecular formula is C15H15ClN2O2. The molecule has 1 heterocycles. The first kappa shape index (κ1) is 14.5. The van der Waals surface area contributed by atoms with E-state index in [0.717, 1.165) is 5.56 Å². The number of aliphatic hydroxyl groups excluding tert-OH is 1. The molecule has 2 rings (SSSR count). The number of halogens is 1. The molecule has 0 fully saturated rings. The number of carbonyl (C=O) groups is 1. The van der Waals surface area contributed by atoms with Crippen LogP contribution in [0.4, 0.5) is 0 Å². The van der Waals surface area contributed by atoms with Crippen LogP contribution >= 0.6 is 11.6 Å². The zero-order valence-corrected chi connectivity index (χ0v) is 11.8. The summed E-state index contributed by atoms with van der Waals surface area (Å²) in [6.45, 7) is 1.94. The minimum atomic E-state index is -0.795. The van der Waals surface area contributed by atoms with Gasteiger partial charge in [0.1, 0.15) is 0 Å². The van der Waals surface area contributed by atoms with Gasteiger partial charge in [0.2, 0.25) is 0 Å². The maximum Gasteiger partial charge on any atom is 0.252 e. The third-order valence-corrected chi connectivity index (χ3v) is 3.46. The standard InChI is InChI=1S/C15H15ClN2O2/c1-10-4-2-6-12(14(10)16)15(20)18-9-13(19)11-5-3-7-17-8-11/h2-8,13,19H,9H2,1H3,(H,18,20)/t13-/m0/s1. The van der Waals surface area contributed by atoms with Crippen molar-refractivity contribution in [2.45, 2.75) is 13.0 Å². The van der Waals surface area contributed by atoms with E-state index in [4.69, 9.17) is 11.6 Å². The molecule has 0 spiro atoms. The molecule has 1 aromatic carbocycles. The maximum absolute atomic E-state index is 12.0. The molecule has 0 bridgehead atoms. The molecule has 0 unspecified atom stereocenters. The second-order valence-electron chi connectivity index (χ2n) is 4.45. The smallest absolute Gasteiger partial charge is 0.252 e. The minimum Gasteiger partial charge on any atom is -0.387 e. The minimum absolute atomic E-state index is 0.106. The monoisotopic (exact) mass is 290 g/mol. The zero-order valence-electron chi connectivity index (χ0n) is 11.0. The number of nitrogens with zero attached hydrogens (tertiary/aromatic N) is 1. The van der Waals surface area contributed by atoms with E-state index in [1.807, 2.05) is 13.0 Å². The molecule has 0 aliphatic rings. The lowest BCUT2D eigenvalue weighted by Gasteiger charge is -2.12. The number of hydrogen-bond acceptors (Lipinski definition) is 3. The molecule has 0 radical (unpaired) electrons. The lowest BCUT2D eigenvalue weighted by Crippen LogP contribution is -2.28. The highest BCUT2D eigenvalue weighted by molar-refractivity contribution is 6.34. The number of nitrogens with one attached hydrogen (secondary N) is 1. The van der Waals surface area contributed by atoms with Crippen LogP contribution in [0.5, 0.6) is 0 Å². The lowest BCUT2D eigenvalue weighted by atomic mass is 10.1. The van der Waals surface area contributed by atoms with Crippen LogP contribution in [0.2, 0.25) is 5.02 Å². The van der Waals surface area contributed by atoms with E-state index in [9.17, 15) is 9.90 Å². The molecule has 2 N–H and O–H groups in total. The summed E-state index contributed by atoms with van der Waals surface area (Å²) in [5.74, 6) is -0.304. The lowest BCUT2D eigenvalue weighted by molar-refractivity contribution is 0.0916. The summed E-state index contributed by atoms with van der Waals surface area (Å²) in [6, 6.07) is 8.75. The molecule has 1 amide bonds. The fraction of sp³-hybridized carbons (Fsp3) is 0.200. The molecule has 4 nitrogen and oxygen atoms in total. The largest absolute Gasteiger partial charge is 0.387 e. The Morgan fingerprint density at radius 2 is 2.20 bits per heavy atom. The first-order valence-corrected chi connectivity index (χ1v) is 6.58. The Kier molecular flexibility index (Phi) is 4.71. The maximum atomic E-state index is 12.0. The van der Waals surface area contributed by atoms with E-state index in [1.54, 1.807) is 36.7 Å². The number of aliphatic hydroxyl groups is 1. The predicted molar refractivity (Wildman–Crippen MR) is 77.7 cm³/mol. The van der Waals surface area contributed by atoms with Crippen LogP contribution in [0.25, 0.3) is 0 Å². The number of rotatable bonds is 4. The number of hydrogen-bond donors (Lipinski definition) is 2. The van der Waals surface area contributed by atoms with Crippen LogP contribution in [0.3, 0.4) is 0 Å². The van der Waals surface area contributed by atoms with Crippen LogP contribution in [0.15, 0.2) is 42.7 Å². The van der Waals surface area contributed by atoms with E-state index in [1.165, 1.54) is 0 Å². The topological polar surface area (TPSA) is 62.2 Å². The van der Waals surface area contributed by atoms with Gasteiger partial charge >= 0.3 is 0 Å². The SMILES string of the molecule is Cc1cccc(C(=O)NC[C@H](O)c2cccnc2)c1Cl. The first-order valence-electron chi connectivity index (χ1n) is 6.21. The van der Waals surface area contributed by atoms with Crippen molar-refractivity contribution in [2.75, 3.05) is 6.54 Å². The van der Waals surface area contributed by atoms with E-state index >= 15 is 0 Å². The van der Waals surface area contributed by atoms with E-state index in [0.29, 0.717) is 16.1 Å². The summed E-state index contributed by atoms with van der Waals surface area (Å²) >= 11 is 6.09. The van der Waals surface area contributed by atoms with Gasteiger partial charge < -0.3 is 10.4 Å². The fourth-order valence-corrected chi connectivity index (χ4v) is 2.01. The molecule has 0 saturated carbocycles.